The minimum Gasteiger partial charge on any atom is -0.465 e. The number of nitrogens with zero attached hydrogens (tertiary/aromatic N) is 3. The fraction of sp³-hybridized carbons (Fsp3) is 0.182. The molecule has 0 spiro atoms. The Balaban J connectivity index is 2.55. The molecule has 0 bridgehead atoms. The first-order valence-corrected chi connectivity index (χ1v) is 5.47. The lowest BCUT2D eigenvalue weighted by Crippen LogP contribution is -2.11. The van der Waals surface area contributed by atoms with Gasteiger partial charge in [-0.2, -0.15) is 5.10 Å². The summed E-state index contributed by atoms with van der Waals surface area (Å²) in [6, 6.07) is 1.49. The number of esters is 1. The van der Waals surface area contributed by atoms with E-state index in [1.807, 2.05) is 0 Å². The Morgan fingerprint density at radius 2 is 2.28 bits per heavy atom. The zero-order valence-electron chi connectivity index (χ0n) is 9.85. The van der Waals surface area contributed by atoms with Crippen LogP contribution >= 0.6 is 11.6 Å². The van der Waals surface area contributed by atoms with Crippen molar-refractivity contribution in [3.63, 3.8) is 0 Å². The van der Waals surface area contributed by atoms with Crippen molar-refractivity contribution in [1.29, 1.82) is 0 Å². The lowest BCUT2D eigenvalue weighted by Gasteiger charge is -2.08. The zero-order valence-corrected chi connectivity index (χ0v) is 10.6. The molecule has 7 heteroatoms. The summed E-state index contributed by atoms with van der Waals surface area (Å²) in [5, 5.41) is 4.66. The standard InChI is InChI=1S/C11H11ClN4O2/c1-6-8(12)5-16(15-6)10-9(13)7(3-4-14-10)11(17)18-2/h3-5H,13H2,1-2H3. The second kappa shape index (κ2) is 4.66. The number of carbonyl (C=O) groups is 1. The van der Waals surface area contributed by atoms with E-state index in [0.29, 0.717) is 16.5 Å². The van der Waals surface area contributed by atoms with Crippen molar-refractivity contribution in [3.8, 4) is 5.82 Å². The van der Waals surface area contributed by atoms with Crippen LogP contribution in [0.1, 0.15) is 16.1 Å². The fourth-order valence-corrected chi connectivity index (χ4v) is 1.61. The second-order valence-corrected chi connectivity index (χ2v) is 4.00. The number of nitrogen functional groups attached to an aromatic ring is 1. The highest BCUT2D eigenvalue weighted by atomic mass is 35.5. The van der Waals surface area contributed by atoms with Crippen LogP contribution in [0.3, 0.4) is 0 Å². The predicted octanol–water partition coefficient (Wildman–Crippen LogP) is 1.60. The Bertz CT molecular complexity index is 590. The van der Waals surface area contributed by atoms with Crippen molar-refractivity contribution < 1.29 is 9.53 Å². The van der Waals surface area contributed by atoms with Crippen LogP contribution in [0.25, 0.3) is 5.82 Å². The van der Waals surface area contributed by atoms with Crippen molar-refractivity contribution in [2.45, 2.75) is 6.92 Å². The van der Waals surface area contributed by atoms with E-state index in [4.69, 9.17) is 17.3 Å². The van der Waals surface area contributed by atoms with E-state index in [1.165, 1.54) is 24.1 Å². The maximum absolute atomic E-state index is 11.5. The van der Waals surface area contributed by atoms with E-state index in [1.54, 1.807) is 13.1 Å². The van der Waals surface area contributed by atoms with Crippen molar-refractivity contribution in [2.24, 2.45) is 0 Å². The number of nitrogens with two attached hydrogens (primary N) is 1. The Kier molecular flexibility index (Phi) is 3.20. The Labute approximate surface area is 108 Å². The number of aromatic nitrogens is 3. The molecule has 2 aromatic rings. The Hall–Kier alpha value is -2.08. The summed E-state index contributed by atoms with van der Waals surface area (Å²) in [4.78, 5) is 15.6. The maximum Gasteiger partial charge on any atom is 0.340 e. The molecule has 2 rings (SSSR count). The van der Waals surface area contributed by atoms with Gasteiger partial charge in [-0.15, -0.1) is 0 Å². The normalized spacial score (nSPS) is 10.4. The molecular weight excluding hydrogens is 256 g/mol. The summed E-state index contributed by atoms with van der Waals surface area (Å²) < 4.78 is 6.06. The Morgan fingerprint density at radius 3 is 2.83 bits per heavy atom. The van der Waals surface area contributed by atoms with Gasteiger partial charge in [-0.25, -0.2) is 14.5 Å². The monoisotopic (exact) mass is 266 g/mol. The lowest BCUT2D eigenvalue weighted by atomic mass is 10.2. The third-order valence-electron chi connectivity index (χ3n) is 2.43. The zero-order chi connectivity index (χ0) is 13.3. The summed E-state index contributed by atoms with van der Waals surface area (Å²) in [7, 11) is 1.29. The van der Waals surface area contributed by atoms with Crippen LogP contribution in [-0.2, 0) is 4.74 Å². The van der Waals surface area contributed by atoms with Crippen LogP contribution < -0.4 is 5.73 Å². The number of rotatable bonds is 2. The number of ether oxygens (including phenoxy) is 1. The number of methoxy groups -OCH3 is 1. The first-order chi connectivity index (χ1) is 8.54. The second-order valence-electron chi connectivity index (χ2n) is 3.59. The molecule has 0 aromatic carbocycles. The van der Waals surface area contributed by atoms with Gasteiger partial charge in [0.25, 0.3) is 0 Å². The van der Waals surface area contributed by atoms with Crippen LogP contribution in [0.5, 0.6) is 0 Å². The van der Waals surface area contributed by atoms with Gasteiger partial charge in [-0.3, -0.25) is 0 Å². The van der Waals surface area contributed by atoms with Gasteiger partial charge in [0.1, 0.15) is 0 Å². The molecule has 18 heavy (non-hydrogen) atoms. The number of pyridine rings is 1. The molecule has 0 amide bonds. The van der Waals surface area contributed by atoms with E-state index in [-0.39, 0.29) is 11.3 Å². The molecule has 2 aromatic heterocycles. The first kappa shape index (κ1) is 12.4. The highest BCUT2D eigenvalue weighted by Crippen LogP contribution is 2.22. The lowest BCUT2D eigenvalue weighted by molar-refractivity contribution is 0.0602. The van der Waals surface area contributed by atoms with E-state index < -0.39 is 5.97 Å². The van der Waals surface area contributed by atoms with Gasteiger partial charge in [0, 0.05) is 6.20 Å². The third kappa shape index (κ3) is 2.02. The minimum atomic E-state index is -0.522. The third-order valence-corrected chi connectivity index (χ3v) is 2.80. The van der Waals surface area contributed by atoms with Crippen LogP contribution in [0, 0.1) is 6.92 Å². The molecule has 0 aliphatic heterocycles. The average Bonchev–Trinajstić information content (AvgIpc) is 2.69. The topological polar surface area (TPSA) is 83.0 Å². The van der Waals surface area contributed by atoms with Gasteiger partial charge in [0.05, 0.1) is 35.3 Å². The molecule has 0 saturated carbocycles. The number of hydrogen-bond donors (Lipinski definition) is 1. The number of anilines is 1. The molecule has 2 heterocycles. The number of carbonyl (C=O) groups excluding carboxylic acids is 1. The van der Waals surface area contributed by atoms with Gasteiger partial charge in [-0.1, -0.05) is 11.6 Å². The maximum atomic E-state index is 11.5. The van der Waals surface area contributed by atoms with Gasteiger partial charge in [-0.05, 0) is 13.0 Å². The molecule has 0 atom stereocenters. The van der Waals surface area contributed by atoms with Crippen molar-refractivity contribution in [2.75, 3.05) is 12.8 Å². The predicted molar refractivity (Wildman–Crippen MR) is 66.9 cm³/mol. The number of halogens is 1. The number of aryl methyl sites for hydroxylation is 1. The summed E-state index contributed by atoms with van der Waals surface area (Å²) in [6.07, 6.45) is 3.04. The summed E-state index contributed by atoms with van der Waals surface area (Å²) >= 11 is 5.92. The Morgan fingerprint density at radius 1 is 1.56 bits per heavy atom. The molecule has 0 aliphatic carbocycles. The van der Waals surface area contributed by atoms with Crippen LogP contribution in [-0.4, -0.2) is 27.8 Å². The summed E-state index contributed by atoms with van der Waals surface area (Å²) in [5.74, 6) is -0.181. The molecule has 2 N–H and O–H groups in total. The minimum absolute atomic E-state index is 0.198. The molecule has 0 fully saturated rings. The molecule has 0 aliphatic rings. The van der Waals surface area contributed by atoms with E-state index in [2.05, 4.69) is 14.8 Å². The largest absolute Gasteiger partial charge is 0.465 e. The molecular formula is C11H11ClN4O2. The molecule has 0 radical (unpaired) electrons. The van der Waals surface area contributed by atoms with Gasteiger partial charge in [0.2, 0.25) is 0 Å². The highest BCUT2D eigenvalue weighted by Gasteiger charge is 2.16. The van der Waals surface area contributed by atoms with E-state index in [9.17, 15) is 4.79 Å². The molecule has 0 unspecified atom stereocenters. The summed E-state index contributed by atoms with van der Waals surface area (Å²) in [6.45, 7) is 1.76. The van der Waals surface area contributed by atoms with Crippen LogP contribution in [0.2, 0.25) is 5.02 Å². The van der Waals surface area contributed by atoms with Gasteiger partial charge in [0.15, 0.2) is 5.82 Å². The van der Waals surface area contributed by atoms with E-state index >= 15 is 0 Å². The van der Waals surface area contributed by atoms with Crippen molar-refractivity contribution in [1.82, 2.24) is 14.8 Å². The molecule has 0 saturated heterocycles. The van der Waals surface area contributed by atoms with Crippen LogP contribution in [0.4, 0.5) is 5.69 Å². The summed E-state index contributed by atoms with van der Waals surface area (Å²) in [5.41, 5.74) is 6.98. The fourth-order valence-electron chi connectivity index (χ4n) is 1.48. The average molecular weight is 267 g/mol. The van der Waals surface area contributed by atoms with Crippen molar-refractivity contribution >= 4 is 23.3 Å². The van der Waals surface area contributed by atoms with Crippen molar-refractivity contribution in [3.05, 3.63) is 34.7 Å². The van der Waals surface area contributed by atoms with Gasteiger partial charge >= 0.3 is 5.97 Å². The smallest absolute Gasteiger partial charge is 0.340 e. The molecule has 94 valence electrons. The van der Waals surface area contributed by atoms with E-state index in [0.717, 1.165) is 0 Å². The van der Waals surface area contributed by atoms with Crippen LogP contribution in [0.15, 0.2) is 18.5 Å². The molecule has 6 nitrogen and oxygen atoms in total. The highest BCUT2D eigenvalue weighted by molar-refractivity contribution is 6.31. The number of hydrogen-bond acceptors (Lipinski definition) is 5. The first-order valence-electron chi connectivity index (χ1n) is 5.09. The quantitative estimate of drug-likeness (QED) is 0.835. The SMILES string of the molecule is COC(=O)c1ccnc(-n2cc(Cl)c(C)n2)c1N. The van der Waals surface area contributed by atoms with Gasteiger partial charge < -0.3 is 10.5 Å².